The monoisotopic (exact) mass is 229 g/mol. The number of likely N-dealkylation sites (N-methyl/N-ethyl adjacent to an activating group) is 1. The minimum absolute atomic E-state index is 0.0944. The summed E-state index contributed by atoms with van der Waals surface area (Å²) in [7, 11) is 3.34. The van der Waals surface area contributed by atoms with E-state index in [1.54, 1.807) is 21.0 Å². The Morgan fingerprint density at radius 3 is 2.31 bits per heavy atom. The SMILES string of the molecule is CC(CN)CCC(=O)NC(C)C(=O)N(C)C. The van der Waals surface area contributed by atoms with Crippen molar-refractivity contribution in [2.24, 2.45) is 11.7 Å². The van der Waals surface area contributed by atoms with Crippen LogP contribution in [0.15, 0.2) is 0 Å². The van der Waals surface area contributed by atoms with Crippen molar-refractivity contribution in [1.82, 2.24) is 10.2 Å². The Balaban J connectivity index is 3.92. The van der Waals surface area contributed by atoms with Gasteiger partial charge in [0.2, 0.25) is 11.8 Å². The molecule has 0 bridgehead atoms. The molecule has 0 spiro atoms. The molecule has 0 aliphatic carbocycles. The maximum absolute atomic E-state index is 11.5. The standard InChI is InChI=1S/C11H23N3O2/c1-8(7-12)5-6-10(15)13-9(2)11(16)14(3)4/h8-9H,5-7,12H2,1-4H3,(H,13,15). The van der Waals surface area contributed by atoms with Gasteiger partial charge in [-0.05, 0) is 25.8 Å². The molecule has 94 valence electrons. The first-order chi connectivity index (χ1) is 7.38. The van der Waals surface area contributed by atoms with Crippen molar-refractivity contribution in [1.29, 1.82) is 0 Å². The van der Waals surface area contributed by atoms with E-state index in [-0.39, 0.29) is 11.8 Å². The van der Waals surface area contributed by atoms with E-state index < -0.39 is 6.04 Å². The molecule has 5 heteroatoms. The van der Waals surface area contributed by atoms with Crippen molar-refractivity contribution in [2.75, 3.05) is 20.6 Å². The highest BCUT2D eigenvalue weighted by Crippen LogP contribution is 2.03. The third kappa shape index (κ3) is 5.70. The Bertz CT molecular complexity index is 241. The molecule has 0 aromatic carbocycles. The second-order valence-electron chi connectivity index (χ2n) is 4.40. The number of carbonyl (C=O) groups excluding carboxylic acids is 2. The molecule has 0 heterocycles. The molecule has 16 heavy (non-hydrogen) atoms. The number of hydrogen-bond acceptors (Lipinski definition) is 3. The molecule has 0 saturated carbocycles. The Kier molecular flexibility index (Phi) is 6.72. The summed E-state index contributed by atoms with van der Waals surface area (Å²) >= 11 is 0. The largest absolute Gasteiger partial charge is 0.347 e. The van der Waals surface area contributed by atoms with Gasteiger partial charge < -0.3 is 16.0 Å². The zero-order valence-electron chi connectivity index (χ0n) is 10.6. The molecule has 2 atom stereocenters. The van der Waals surface area contributed by atoms with Gasteiger partial charge in [-0.1, -0.05) is 6.92 Å². The number of nitrogens with zero attached hydrogens (tertiary/aromatic N) is 1. The van der Waals surface area contributed by atoms with Crippen molar-refractivity contribution in [3.63, 3.8) is 0 Å². The predicted octanol–water partition coefficient (Wildman–Crippen LogP) is -0.0457. The predicted molar refractivity (Wildman–Crippen MR) is 63.8 cm³/mol. The lowest BCUT2D eigenvalue weighted by Gasteiger charge is -2.18. The van der Waals surface area contributed by atoms with E-state index in [9.17, 15) is 9.59 Å². The van der Waals surface area contributed by atoms with Crippen LogP contribution in [0.25, 0.3) is 0 Å². The lowest BCUT2D eigenvalue weighted by atomic mass is 10.1. The van der Waals surface area contributed by atoms with E-state index in [0.717, 1.165) is 6.42 Å². The molecule has 5 nitrogen and oxygen atoms in total. The van der Waals surface area contributed by atoms with Crippen molar-refractivity contribution >= 4 is 11.8 Å². The average molecular weight is 229 g/mol. The third-order valence-corrected chi connectivity index (χ3v) is 2.46. The first-order valence-electron chi connectivity index (χ1n) is 5.59. The molecular formula is C11H23N3O2. The molecule has 0 aromatic heterocycles. The lowest BCUT2D eigenvalue weighted by Crippen LogP contribution is -2.44. The van der Waals surface area contributed by atoms with Gasteiger partial charge in [-0.15, -0.1) is 0 Å². The molecule has 0 rings (SSSR count). The molecule has 0 aliphatic heterocycles. The Morgan fingerprint density at radius 2 is 1.88 bits per heavy atom. The molecule has 2 amide bonds. The fraction of sp³-hybridized carbons (Fsp3) is 0.818. The van der Waals surface area contributed by atoms with Crippen LogP contribution < -0.4 is 11.1 Å². The van der Waals surface area contributed by atoms with Crippen LogP contribution in [0.5, 0.6) is 0 Å². The number of rotatable bonds is 6. The van der Waals surface area contributed by atoms with Crippen LogP contribution >= 0.6 is 0 Å². The fourth-order valence-electron chi connectivity index (χ4n) is 1.26. The normalized spacial score (nSPS) is 14.1. The zero-order valence-corrected chi connectivity index (χ0v) is 10.6. The van der Waals surface area contributed by atoms with Gasteiger partial charge in [0, 0.05) is 20.5 Å². The van der Waals surface area contributed by atoms with E-state index in [1.165, 1.54) is 4.90 Å². The minimum atomic E-state index is -0.462. The van der Waals surface area contributed by atoms with E-state index >= 15 is 0 Å². The van der Waals surface area contributed by atoms with Crippen LogP contribution in [0.1, 0.15) is 26.7 Å². The van der Waals surface area contributed by atoms with E-state index in [1.807, 2.05) is 6.92 Å². The first kappa shape index (κ1) is 14.9. The summed E-state index contributed by atoms with van der Waals surface area (Å²) in [6, 6.07) is -0.462. The van der Waals surface area contributed by atoms with Gasteiger partial charge >= 0.3 is 0 Å². The van der Waals surface area contributed by atoms with E-state index in [2.05, 4.69) is 5.32 Å². The van der Waals surface area contributed by atoms with Crippen LogP contribution in [0.2, 0.25) is 0 Å². The molecule has 3 N–H and O–H groups in total. The van der Waals surface area contributed by atoms with E-state index in [4.69, 9.17) is 5.73 Å². The highest BCUT2D eigenvalue weighted by atomic mass is 16.2. The topological polar surface area (TPSA) is 75.4 Å². The summed E-state index contributed by atoms with van der Waals surface area (Å²) in [5, 5.41) is 2.67. The summed E-state index contributed by atoms with van der Waals surface area (Å²) in [5.74, 6) is 0.147. The Hall–Kier alpha value is -1.10. The van der Waals surface area contributed by atoms with Crippen molar-refractivity contribution < 1.29 is 9.59 Å². The molecule has 0 radical (unpaired) electrons. The fourth-order valence-corrected chi connectivity index (χ4v) is 1.26. The highest BCUT2D eigenvalue weighted by Gasteiger charge is 2.17. The van der Waals surface area contributed by atoms with E-state index in [0.29, 0.717) is 18.9 Å². The average Bonchev–Trinajstić information content (AvgIpc) is 2.24. The van der Waals surface area contributed by atoms with Crippen molar-refractivity contribution in [3.8, 4) is 0 Å². The van der Waals surface area contributed by atoms with Gasteiger partial charge in [0.15, 0.2) is 0 Å². The van der Waals surface area contributed by atoms with Crippen LogP contribution in [0, 0.1) is 5.92 Å². The maximum atomic E-state index is 11.5. The Labute approximate surface area is 97.4 Å². The highest BCUT2D eigenvalue weighted by molar-refractivity contribution is 5.86. The molecule has 0 aliphatic rings. The second kappa shape index (κ2) is 7.22. The van der Waals surface area contributed by atoms with Gasteiger partial charge in [-0.2, -0.15) is 0 Å². The van der Waals surface area contributed by atoms with Crippen LogP contribution in [-0.4, -0.2) is 43.4 Å². The van der Waals surface area contributed by atoms with Gasteiger partial charge in [-0.25, -0.2) is 0 Å². The molecule has 2 unspecified atom stereocenters. The number of amides is 2. The third-order valence-electron chi connectivity index (χ3n) is 2.46. The second-order valence-corrected chi connectivity index (χ2v) is 4.40. The lowest BCUT2D eigenvalue weighted by molar-refractivity contribution is -0.134. The van der Waals surface area contributed by atoms with Crippen LogP contribution in [0.3, 0.4) is 0 Å². The molecule has 0 saturated heterocycles. The molecular weight excluding hydrogens is 206 g/mol. The van der Waals surface area contributed by atoms with Gasteiger partial charge in [0.1, 0.15) is 6.04 Å². The summed E-state index contributed by atoms with van der Waals surface area (Å²) < 4.78 is 0. The quantitative estimate of drug-likeness (QED) is 0.671. The summed E-state index contributed by atoms with van der Waals surface area (Å²) in [6.07, 6.45) is 1.18. The number of hydrogen-bond donors (Lipinski definition) is 2. The smallest absolute Gasteiger partial charge is 0.244 e. The minimum Gasteiger partial charge on any atom is -0.347 e. The zero-order chi connectivity index (χ0) is 12.7. The number of carbonyl (C=O) groups is 2. The first-order valence-corrected chi connectivity index (χ1v) is 5.59. The van der Waals surface area contributed by atoms with Gasteiger partial charge in [0.25, 0.3) is 0 Å². The summed E-state index contributed by atoms with van der Waals surface area (Å²) in [6.45, 7) is 4.27. The Morgan fingerprint density at radius 1 is 1.31 bits per heavy atom. The summed E-state index contributed by atoms with van der Waals surface area (Å²) in [5.41, 5.74) is 5.45. The van der Waals surface area contributed by atoms with Gasteiger partial charge in [-0.3, -0.25) is 9.59 Å². The molecule has 0 fully saturated rings. The van der Waals surface area contributed by atoms with Crippen LogP contribution in [-0.2, 0) is 9.59 Å². The summed E-state index contributed by atoms with van der Waals surface area (Å²) in [4.78, 5) is 24.4. The number of nitrogens with one attached hydrogen (secondary N) is 1. The van der Waals surface area contributed by atoms with Crippen LogP contribution in [0.4, 0.5) is 0 Å². The van der Waals surface area contributed by atoms with Gasteiger partial charge in [0.05, 0.1) is 0 Å². The molecule has 0 aromatic rings. The maximum Gasteiger partial charge on any atom is 0.244 e. The van der Waals surface area contributed by atoms with Crippen molar-refractivity contribution in [2.45, 2.75) is 32.7 Å². The number of nitrogens with two attached hydrogens (primary N) is 1. The van der Waals surface area contributed by atoms with Crippen molar-refractivity contribution in [3.05, 3.63) is 0 Å².